The van der Waals surface area contributed by atoms with Gasteiger partial charge >= 0.3 is 6.18 Å². The van der Waals surface area contributed by atoms with Gasteiger partial charge in [-0.2, -0.15) is 13.2 Å². The smallest absolute Gasteiger partial charge is 0.389 e. The second-order valence-corrected chi connectivity index (χ2v) is 15.5. The van der Waals surface area contributed by atoms with Crippen LogP contribution in [0.1, 0.15) is 102 Å². The van der Waals surface area contributed by atoms with Gasteiger partial charge in [-0.25, -0.2) is 0 Å². The Hall–Kier alpha value is -4.65. The van der Waals surface area contributed by atoms with Crippen LogP contribution in [0.4, 0.5) is 13.2 Å². The van der Waals surface area contributed by atoms with Crippen LogP contribution in [0.2, 0.25) is 0 Å². The number of nitrogens with zero attached hydrogens (tertiary/aromatic N) is 2. The van der Waals surface area contributed by atoms with Crippen LogP contribution in [0.5, 0.6) is 0 Å². The molecule has 1 radical (unpaired) electrons. The zero-order chi connectivity index (χ0) is 44.5. The van der Waals surface area contributed by atoms with Crippen molar-refractivity contribution < 1.29 is 45.9 Å². The number of aromatic nitrogens is 2. The van der Waals surface area contributed by atoms with E-state index in [9.17, 15) is 23.1 Å². The van der Waals surface area contributed by atoms with E-state index in [2.05, 4.69) is 117 Å². The van der Waals surface area contributed by atoms with Crippen LogP contribution in [0.3, 0.4) is 0 Å². The van der Waals surface area contributed by atoms with Gasteiger partial charge in [0.2, 0.25) is 0 Å². The van der Waals surface area contributed by atoms with E-state index < -0.39 is 24.3 Å². The second-order valence-electron chi connectivity index (χ2n) is 15.5. The van der Waals surface area contributed by atoms with E-state index in [-0.39, 0.29) is 38.2 Å². The van der Waals surface area contributed by atoms with E-state index >= 15 is 0 Å². The van der Waals surface area contributed by atoms with E-state index in [0.717, 1.165) is 61.3 Å². The van der Waals surface area contributed by atoms with Crippen LogP contribution >= 0.6 is 0 Å². The number of pyridine rings is 2. The number of fused-ring (bicyclic) bond motifs is 2. The fourth-order valence-corrected chi connectivity index (χ4v) is 7.01. The minimum atomic E-state index is -4.33. The predicted molar refractivity (Wildman–Crippen MR) is 234 cm³/mol. The number of allylic oxidation sites excluding steroid dienone is 2. The van der Waals surface area contributed by atoms with Gasteiger partial charge in [-0.1, -0.05) is 104 Å². The Morgan fingerprint density at radius 1 is 0.712 bits per heavy atom. The summed E-state index contributed by atoms with van der Waals surface area (Å²) in [5.41, 5.74) is 10.7. The number of hydrogen-bond donors (Lipinski definition) is 1. The van der Waals surface area contributed by atoms with Gasteiger partial charge in [-0.3, -0.25) is 4.79 Å². The standard InChI is InChI=1S/C20H20N.C18H16N.C13H21F3O2.Ir/c1-13(2)16-5-6-19-17(12-16)7-8-21-20(19)18-10-14(3)9-15(4)11-18;1-12-4-5-17-15(9-12)6-7-19-18(17)16-10-13(2)8-14(3)11-16;1-4-9(5-2)11(17)7-12(18)10(6-3)8-13(14,15)16;/h5-10,12-13H,1-4H3;4-10H,1-3H3;7,9-10,18H,4-6,8H2,1-3H3;/q2*-1;;/b;;12-7-;/i8D;7D;;. The number of alkyl halides is 3. The Kier molecular flexibility index (Phi) is 17.0. The molecule has 2 heterocycles. The molecule has 1 atom stereocenters. The molecule has 0 spiro atoms. The molecule has 6 rings (SSSR count). The summed E-state index contributed by atoms with van der Waals surface area (Å²) in [6, 6.07) is 31.5. The average Bonchev–Trinajstić information content (AvgIpc) is 3.15. The van der Waals surface area contributed by atoms with Crippen LogP contribution in [0, 0.1) is 58.6 Å². The predicted octanol–water partition coefficient (Wildman–Crippen LogP) is 14.5. The van der Waals surface area contributed by atoms with Crippen LogP contribution in [0.15, 0.2) is 97.0 Å². The van der Waals surface area contributed by atoms with E-state index in [4.69, 9.17) is 2.74 Å². The van der Waals surface area contributed by atoms with Gasteiger partial charge in [-0.05, 0) is 82.7 Å². The molecule has 0 bridgehead atoms. The first kappa shape index (κ1) is 45.4. The molecule has 2 aromatic heterocycles. The molecule has 4 nitrogen and oxygen atoms in total. The summed E-state index contributed by atoms with van der Waals surface area (Å²) in [7, 11) is 0. The van der Waals surface area contributed by atoms with Crippen LogP contribution < -0.4 is 0 Å². The normalized spacial score (nSPS) is 12.6. The fourth-order valence-electron chi connectivity index (χ4n) is 7.01. The summed E-state index contributed by atoms with van der Waals surface area (Å²) < 4.78 is 52.7. The molecule has 0 aliphatic heterocycles. The number of carbonyl (C=O) groups is 1. The number of aliphatic hydroxyl groups is 1. The van der Waals surface area contributed by atoms with Gasteiger partial charge in [0.1, 0.15) is 0 Å². The monoisotopic (exact) mass is 981 g/mol. The van der Waals surface area contributed by atoms with Crippen molar-refractivity contribution in [1.29, 1.82) is 0 Å². The third kappa shape index (κ3) is 14.0. The minimum Gasteiger partial charge on any atom is -0.512 e. The Bertz CT molecular complexity index is 2430. The number of aliphatic hydroxyl groups excluding tert-OH is 1. The number of carbonyl (C=O) groups excluding carboxylic acids is 1. The fraction of sp³-hybridized carbons (Fsp3) is 0.353. The molecule has 0 aliphatic carbocycles. The first-order chi connectivity index (χ1) is 28.2. The molecule has 8 heteroatoms. The van der Waals surface area contributed by atoms with Crippen molar-refractivity contribution in [3.05, 3.63) is 142 Å². The van der Waals surface area contributed by atoms with Crippen molar-refractivity contribution in [3.63, 3.8) is 0 Å². The summed E-state index contributed by atoms with van der Waals surface area (Å²) in [4.78, 5) is 20.6. The molecule has 6 aromatic rings. The first-order valence-electron chi connectivity index (χ1n) is 21.0. The molecule has 0 saturated carbocycles. The first-order valence-corrected chi connectivity index (χ1v) is 20.0. The summed E-state index contributed by atoms with van der Waals surface area (Å²) in [5.74, 6) is -1.52. The number of ketones is 1. The number of rotatable bonds is 10. The van der Waals surface area contributed by atoms with E-state index in [1.165, 1.54) is 22.3 Å². The van der Waals surface area contributed by atoms with Crippen molar-refractivity contribution in [3.8, 4) is 22.5 Å². The van der Waals surface area contributed by atoms with Gasteiger partial charge in [0, 0.05) is 50.4 Å². The molecule has 0 saturated heterocycles. The summed E-state index contributed by atoms with van der Waals surface area (Å²) >= 11 is 0. The maximum atomic E-state index is 12.3. The molecule has 1 unspecified atom stereocenters. The molecule has 4 aromatic carbocycles. The zero-order valence-corrected chi connectivity index (χ0v) is 38.2. The van der Waals surface area contributed by atoms with E-state index in [1.54, 1.807) is 6.92 Å². The third-order valence-electron chi connectivity index (χ3n) is 10.1. The number of halogens is 3. The van der Waals surface area contributed by atoms with Crippen molar-refractivity contribution in [1.82, 2.24) is 9.97 Å². The van der Waals surface area contributed by atoms with Gasteiger partial charge in [0.05, 0.1) is 14.9 Å². The Labute approximate surface area is 365 Å². The molecule has 59 heavy (non-hydrogen) atoms. The molecule has 315 valence electrons. The van der Waals surface area contributed by atoms with Gasteiger partial charge in [0.25, 0.3) is 0 Å². The van der Waals surface area contributed by atoms with Crippen molar-refractivity contribution in [2.45, 2.75) is 107 Å². The van der Waals surface area contributed by atoms with E-state index in [0.29, 0.717) is 31.1 Å². The third-order valence-corrected chi connectivity index (χ3v) is 10.1. The van der Waals surface area contributed by atoms with Crippen molar-refractivity contribution in [2.24, 2.45) is 11.8 Å². The maximum Gasteiger partial charge on any atom is 0.389 e. The second kappa shape index (κ2) is 22.1. The molecule has 0 aliphatic rings. The van der Waals surface area contributed by atoms with E-state index in [1.807, 2.05) is 39.8 Å². The zero-order valence-electron chi connectivity index (χ0n) is 37.8. The number of aryl methyl sites for hydroxylation is 5. The van der Waals surface area contributed by atoms with Gasteiger partial charge < -0.3 is 15.1 Å². The topological polar surface area (TPSA) is 63.1 Å². The van der Waals surface area contributed by atoms with Crippen molar-refractivity contribution >= 4 is 27.3 Å². The number of benzene rings is 4. The molecule has 0 amide bonds. The summed E-state index contributed by atoms with van der Waals surface area (Å²) in [6.45, 7) is 19.9. The largest absolute Gasteiger partial charge is 0.512 e. The summed E-state index contributed by atoms with van der Waals surface area (Å²) in [5, 5.41) is 13.9. The SMILES string of the molecule is CCC(CC)C(=O)/C=C(\O)C(CC)CC(F)(F)F.[2H]c1cc2cc(C(C)C)ccc2c(-c2[c-]c(C)cc(C)c2)n1.[2H]c1cc2cc(C)ccc2c(-c2[c-]c(C)cc(C)c2)n1.[Ir]. The quantitative estimate of drug-likeness (QED) is 0.0844. The Morgan fingerprint density at radius 2 is 1.19 bits per heavy atom. The van der Waals surface area contributed by atoms with Gasteiger partial charge in [-0.15, -0.1) is 69.8 Å². The molecule has 0 fully saturated rings. The van der Waals surface area contributed by atoms with Gasteiger partial charge in [0.15, 0.2) is 5.78 Å². The Balaban J connectivity index is 0.000000244. The van der Waals surface area contributed by atoms with Crippen LogP contribution in [-0.2, 0) is 24.9 Å². The van der Waals surface area contributed by atoms with Crippen LogP contribution in [0.25, 0.3) is 44.1 Å². The van der Waals surface area contributed by atoms with Crippen LogP contribution in [-0.4, -0.2) is 27.0 Å². The number of hydrogen-bond acceptors (Lipinski definition) is 4. The maximum absolute atomic E-state index is 12.3. The molecule has 1 N–H and O–H groups in total. The summed E-state index contributed by atoms with van der Waals surface area (Å²) in [6.07, 6.45) is -2.47. The minimum absolute atomic E-state index is 0. The Morgan fingerprint density at radius 3 is 1.63 bits per heavy atom. The van der Waals surface area contributed by atoms with Crippen molar-refractivity contribution in [2.75, 3.05) is 0 Å². The molecular weight excluding hydrogens is 922 g/mol. The average molecular weight is 981 g/mol. The molecular formula is C51H57F3IrN2O2-2.